The Morgan fingerprint density at radius 2 is 1.85 bits per heavy atom. The van der Waals surface area contributed by atoms with Gasteiger partial charge in [-0.05, 0) is 32.4 Å². The molecule has 1 rings (SSSR count). The third-order valence-corrected chi connectivity index (χ3v) is 3.20. The second-order valence-corrected chi connectivity index (χ2v) is 4.65. The maximum absolute atomic E-state index is 11.1. The highest BCUT2D eigenvalue weighted by molar-refractivity contribution is 5.78. The lowest BCUT2D eigenvalue weighted by Crippen LogP contribution is -2.50. The number of para-hydroxylation sites is 2. The van der Waals surface area contributed by atoms with E-state index in [0.29, 0.717) is 37.7 Å². The predicted octanol–water partition coefficient (Wildman–Crippen LogP) is 2.31. The molecule has 1 unspecified atom stereocenters. The smallest absolute Gasteiger partial charge is 0.323 e. The normalized spacial score (nSPS) is 13.6. The second kappa shape index (κ2) is 7.75. The summed E-state index contributed by atoms with van der Waals surface area (Å²) in [6.45, 7) is 6.84. The molecule has 5 nitrogen and oxygen atoms in total. The summed E-state index contributed by atoms with van der Waals surface area (Å²) in [4.78, 5) is 11.1. The van der Waals surface area contributed by atoms with Crippen molar-refractivity contribution >= 4 is 5.97 Å². The van der Waals surface area contributed by atoms with Crippen LogP contribution in [0.2, 0.25) is 0 Å². The Kier molecular flexibility index (Phi) is 6.31. The highest BCUT2D eigenvalue weighted by Gasteiger charge is 2.29. The van der Waals surface area contributed by atoms with E-state index in [0.717, 1.165) is 0 Å². The quantitative estimate of drug-likeness (QED) is 0.680. The van der Waals surface area contributed by atoms with Gasteiger partial charge in [0.05, 0.1) is 6.61 Å². The molecule has 0 saturated heterocycles. The van der Waals surface area contributed by atoms with Crippen molar-refractivity contribution in [2.45, 2.75) is 32.7 Å². The summed E-state index contributed by atoms with van der Waals surface area (Å²) in [6.07, 6.45) is 0.512. The average Bonchev–Trinajstić information content (AvgIpc) is 2.45. The number of nitrogens with one attached hydrogen (secondary N) is 1. The van der Waals surface area contributed by atoms with Gasteiger partial charge in [-0.25, -0.2) is 0 Å². The molecule has 0 fully saturated rings. The van der Waals surface area contributed by atoms with Crippen LogP contribution < -0.4 is 14.8 Å². The molecule has 0 amide bonds. The van der Waals surface area contributed by atoms with Crippen molar-refractivity contribution in [3.05, 3.63) is 24.3 Å². The summed E-state index contributed by atoms with van der Waals surface area (Å²) < 4.78 is 11.1. The van der Waals surface area contributed by atoms with Crippen LogP contribution in [0.25, 0.3) is 0 Å². The fraction of sp³-hybridized carbons (Fsp3) is 0.533. The van der Waals surface area contributed by atoms with Crippen LogP contribution in [0.15, 0.2) is 24.3 Å². The van der Waals surface area contributed by atoms with E-state index in [-0.39, 0.29) is 0 Å². The van der Waals surface area contributed by atoms with Gasteiger partial charge in [-0.2, -0.15) is 0 Å². The van der Waals surface area contributed by atoms with Gasteiger partial charge in [0.2, 0.25) is 0 Å². The van der Waals surface area contributed by atoms with E-state index in [1.165, 1.54) is 0 Å². The molecule has 0 aliphatic heterocycles. The monoisotopic (exact) mass is 281 g/mol. The van der Waals surface area contributed by atoms with Crippen LogP contribution in [0.5, 0.6) is 11.5 Å². The molecule has 0 saturated carbocycles. The second-order valence-electron chi connectivity index (χ2n) is 4.65. The van der Waals surface area contributed by atoms with Gasteiger partial charge >= 0.3 is 5.97 Å². The minimum absolute atomic E-state index is 0.382. The van der Waals surface area contributed by atoms with Gasteiger partial charge < -0.3 is 14.6 Å². The van der Waals surface area contributed by atoms with Gasteiger partial charge in [-0.3, -0.25) is 10.1 Å². The average molecular weight is 281 g/mol. The van der Waals surface area contributed by atoms with Crippen molar-refractivity contribution in [2.75, 3.05) is 19.8 Å². The van der Waals surface area contributed by atoms with Crippen molar-refractivity contribution in [1.82, 2.24) is 5.32 Å². The van der Waals surface area contributed by atoms with Crippen molar-refractivity contribution in [1.29, 1.82) is 0 Å². The van der Waals surface area contributed by atoms with E-state index in [9.17, 15) is 4.79 Å². The van der Waals surface area contributed by atoms with Crippen LogP contribution in [0.3, 0.4) is 0 Å². The van der Waals surface area contributed by atoms with E-state index in [4.69, 9.17) is 14.6 Å². The van der Waals surface area contributed by atoms with Crippen LogP contribution in [-0.2, 0) is 4.79 Å². The third kappa shape index (κ3) is 4.42. The standard InChI is InChI=1S/C15H23NO4/c1-4-15(3,14(17)18)16-10-11-20-13-9-7-6-8-12(13)19-5-2/h6-9,16H,4-5,10-11H2,1-3H3,(H,17,18). The summed E-state index contributed by atoms with van der Waals surface area (Å²) in [6, 6.07) is 7.44. The van der Waals surface area contributed by atoms with E-state index >= 15 is 0 Å². The van der Waals surface area contributed by atoms with Gasteiger partial charge in [0.25, 0.3) is 0 Å². The van der Waals surface area contributed by atoms with Gasteiger partial charge in [0.1, 0.15) is 12.1 Å². The summed E-state index contributed by atoms with van der Waals surface area (Å²) in [7, 11) is 0. The van der Waals surface area contributed by atoms with E-state index in [1.807, 2.05) is 38.1 Å². The predicted molar refractivity (Wildman–Crippen MR) is 77.4 cm³/mol. The Balaban J connectivity index is 2.47. The number of rotatable bonds is 9. The van der Waals surface area contributed by atoms with Crippen molar-refractivity contribution in [2.24, 2.45) is 0 Å². The fourth-order valence-corrected chi connectivity index (χ4v) is 1.68. The van der Waals surface area contributed by atoms with Crippen LogP contribution >= 0.6 is 0 Å². The first-order valence-electron chi connectivity index (χ1n) is 6.86. The number of benzene rings is 1. The number of carboxylic acid groups (broad SMARTS) is 1. The molecule has 1 aromatic carbocycles. The Bertz CT molecular complexity index is 436. The number of aliphatic carboxylic acids is 1. The lowest BCUT2D eigenvalue weighted by Gasteiger charge is -2.24. The number of carbonyl (C=O) groups is 1. The molecular weight excluding hydrogens is 258 g/mol. The minimum Gasteiger partial charge on any atom is -0.490 e. The maximum atomic E-state index is 11.1. The molecule has 112 valence electrons. The SMILES string of the molecule is CCOc1ccccc1OCCNC(C)(CC)C(=O)O. The van der Waals surface area contributed by atoms with E-state index < -0.39 is 11.5 Å². The van der Waals surface area contributed by atoms with Gasteiger partial charge in [-0.15, -0.1) is 0 Å². The van der Waals surface area contributed by atoms with Crippen molar-refractivity contribution in [3.8, 4) is 11.5 Å². The molecule has 0 heterocycles. The molecule has 2 N–H and O–H groups in total. The van der Waals surface area contributed by atoms with Crippen LogP contribution in [0.4, 0.5) is 0 Å². The van der Waals surface area contributed by atoms with Gasteiger partial charge in [-0.1, -0.05) is 19.1 Å². The lowest BCUT2D eigenvalue weighted by atomic mass is 9.99. The minimum atomic E-state index is -0.914. The zero-order chi connectivity index (χ0) is 15.0. The first-order chi connectivity index (χ1) is 9.53. The highest BCUT2D eigenvalue weighted by Crippen LogP contribution is 2.26. The largest absolute Gasteiger partial charge is 0.490 e. The molecule has 0 spiro atoms. The first-order valence-corrected chi connectivity index (χ1v) is 6.86. The molecular formula is C15H23NO4. The Morgan fingerprint density at radius 3 is 2.35 bits per heavy atom. The van der Waals surface area contributed by atoms with E-state index in [1.54, 1.807) is 6.92 Å². The summed E-state index contributed by atoms with van der Waals surface area (Å²) in [5.41, 5.74) is -0.914. The zero-order valence-corrected chi connectivity index (χ0v) is 12.3. The maximum Gasteiger partial charge on any atom is 0.323 e. The number of ether oxygens (including phenoxy) is 2. The lowest BCUT2D eigenvalue weighted by molar-refractivity contribution is -0.144. The number of carboxylic acids is 1. The number of hydrogen-bond acceptors (Lipinski definition) is 4. The highest BCUT2D eigenvalue weighted by atomic mass is 16.5. The third-order valence-electron chi connectivity index (χ3n) is 3.20. The summed E-state index contributed by atoms with van der Waals surface area (Å²) in [5.74, 6) is 0.519. The van der Waals surface area contributed by atoms with Crippen molar-refractivity contribution < 1.29 is 19.4 Å². The molecule has 1 atom stereocenters. The van der Waals surface area contributed by atoms with Crippen molar-refractivity contribution in [3.63, 3.8) is 0 Å². The Morgan fingerprint density at radius 1 is 1.25 bits per heavy atom. The summed E-state index contributed by atoms with van der Waals surface area (Å²) >= 11 is 0. The molecule has 0 aliphatic rings. The van der Waals surface area contributed by atoms with Crippen LogP contribution in [0.1, 0.15) is 27.2 Å². The fourth-order valence-electron chi connectivity index (χ4n) is 1.68. The van der Waals surface area contributed by atoms with Gasteiger partial charge in [0.15, 0.2) is 11.5 Å². The van der Waals surface area contributed by atoms with Crippen LogP contribution in [-0.4, -0.2) is 36.4 Å². The molecule has 0 radical (unpaired) electrons. The van der Waals surface area contributed by atoms with Gasteiger partial charge in [0, 0.05) is 6.54 Å². The topological polar surface area (TPSA) is 67.8 Å². The molecule has 5 heteroatoms. The number of hydrogen-bond donors (Lipinski definition) is 2. The first kappa shape index (κ1) is 16.3. The van der Waals surface area contributed by atoms with Crippen LogP contribution in [0, 0.1) is 0 Å². The molecule has 0 bridgehead atoms. The summed E-state index contributed by atoms with van der Waals surface area (Å²) in [5, 5.41) is 12.1. The Labute approximate surface area is 119 Å². The molecule has 0 aliphatic carbocycles. The Hall–Kier alpha value is -1.75. The van der Waals surface area contributed by atoms with E-state index in [2.05, 4.69) is 5.32 Å². The zero-order valence-electron chi connectivity index (χ0n) is 12.3. The molecule has 1 aromatic rings. The molecule has 0 aromatic heterocycles. The molecule has 20 heavy (non-hydrogen) atoms.